The predicted molar refractivity (Wildman–Crippen MR) is 77.3 cm³/mol. The summed E-state index contributed by atoms with van der Waals surface area (Å²) in [5.74, 6) is -1.74. The SMILES string of the molecule is CCNCc1sc(-c2ccc(F)c(F)c2Br)nc1C. The minimum Gasteiger partial charge on any atom is -0.312 e. The average molecular weight is 347 g/mol. The number of nitrogens with one attached hydrogen (secondary N) is 1. The van der Waals surface area contributed by atoms with E-state index in [-0.39, 0.29) is 4.47 Å². The first-order chi connectivity index (χ1) is 9.04. The lowest BCUT2D eigenvalue weighted by Crippen LogP contribution is -2.11. The molecule has 0 aliphatic carbocycles. The van der Waals surface area contributed by atoms with Crippen LogP contribution >= 0.6 is 27.3 Å². The van der Waals surface area contributed by atoms with Crippen LogP contribution in [0.15, 0.2) is 16.6 Å². The first-order valence-corrected chi connectivity index (χ1v) is 7.46. The van der Waals surface area contributed by atoms with Gasteiger partial charge in [0.05, 0.1) is 10.2 Å². The molecule has 1 aromatic carbocycles. The van der Waals surface area contributed by atoms with Gasteiger partial charge in [-0.1, -0.05) is 6.92 Å². The summed E-state index contributed by atoms with van der Waals surface area (Å²) < 4.78 is 26.7. The highest BCUT2D eigenvalue weighted by Crippen LogP contribution is 2.35. The quantitative estimate of drug-likeness (QED) is 0.836. The monoisotopic (exact) mass is 346 g/mol. The van der Waals surface area contributed by atoms with E-state index in [1.807, 2.05) is 13.8 Å². The highest BCUT2D eigenvalue weighted by atomic mass is 79.9. The van der Waals surface area contributed by atoms with E-state index < -0.39 is 11.6 Å². The zero-order valence-corrected chi connectivity index (χ0v) is 13.0. The van der Waals surface area contributed by atoms with E-state index >= 15 is 0 Å². The fourth-order valence-corrected chi connectivity index (χ4v) is 3.34. The Morgan fingerprint density at radius 3 is 2.79 bits per heavy atom. The summed E-state index contributed by atoms with van der Waals surface area (Å²) in [5.41, 5.74) is 1.49. The molecule has 0 amide bonds. The number of halogens is 3. The fraction of sp³-hybridized carbons (Fsp3) is 0.308. The van der Waals surface area contributed by atoms with E-state index in [1.165, 1.54) is 17.4 Å². The molecule has 0 aliphatic rings. The Kier molecular flexibility index (Phi) is 4.65. The molecule has 0 atom stereocenters. The molecular weight excluding hydrogens is 334 g/mol. The maximum absolute atomic E-state index is 13.5. The number of rotatable bonds is 4. The van der Waals surface area contributed by atoms with Crippen molar-refractivity contribution in [3.05, 3.63) is 38.8 Å². The lowest BCUT2D eigenvalue weighted by molar-refractivity contribution is 0.505. The minimum atomic E-state index is -0.876. The molecule has 2 rings (SSSR count). The van der Waals surface area contributed by atoms with Gasteiger partial charge in [-0.05, 0) is 41.5 Å². The van der Waals surface area contributed by atoms with Gasteiger partial charge < -0.3 is 5.32 Å². The number of aryl methyl sites for hydroxylation is 1. The molecule has 102 valence electrons. The number of benzene rings is 1. The van der Waals surface area contributed by atoms with Gasteiger partial charge in [-0.25, -0.2) is 13.8 Å². The lowest BCUT2D eigenvalue weighted by atomic mass is 10.2. The lowest BCUT2D eigenvalue weighted by Gasteiger charge is -2.02. The van der Waals surface area contributed by atoms with Crippen LogP contribution in [0, 0.1) is 18.6 Å². The van der Waals surface area contributed by atoms with Crippen molar-refractivity contribution >= 4 is 27.3 Å². The van der Waals surface area contributed by atoms with Crippen molar-refractivity contribution in [2.45, 2.75) is 20.4 Å². The maximum atomic E-state index is 13.5. The van der Waals surface area contributed by atoms with Crippen LogP contribution in [0.2, 0.25) is 0 Å². The van der Waals surface area contributed by atoms with Crippen LogP contribution in [0.1, 0.15) is 17.5 Å². The molecule has 1 aromatic heterocycles. The van der Waals surface area contributed by atoms with Gasteiger partial charge in [-0.15, -0.1) is 11.3 Å². The van der Waals surface area contributed by atoms with Crippen LogP contribution in [0.25, 0.3) is 10.6 Å². The largest absolute Gasteiger partial charge is 0.312 e. The second-order valence-corrected chi connectivity index (χ2v) is 5.91. The third-order valence-electron chi connectivity index (χ3n) is 2.69. The molecule has 0 bridgehead atoms. The average Bonchev–Trinajstić information content (AvgIpc) is 2.75. The molecule has 2 aromatic rings. The number of hydrogen-bond donors (Lipinski definition) is 1. The zero-order chi connectivity index (χ0) is 14.0. The second-order valence-electron chi connectivity index (χ2n) is 4.03. The van der Waals surface area contributed by atoms with E-state index in [2.05, 4.69) is 26.2 Å². The summed E-state index contributed by atoms with van der Waals surface area (Å²) in [5, 5.41) is 3.92. The summed E-state index contributed by atoms with van der Waals surface area (Å²) >= 11 is 4.58. The van der Waals surface area contributed by atoms with Crippen molar-refractivity contribution in [3.8, 4) is 10.6 Å². The molecule has 0 spiro atoms. The van der Waals surface area contributed by atoms with Crippen molar-refractivity contribution in [3.63, 3.8) is 0 Å². The van der Waals surface area contributed by atoms with Crippen LogP contribution in [0.5, 0.6) is 0 Å². The Morgan fingerprint density at radius 2 is 2.11 bits per heavy atom. The Labute approximate surface area is 123 Å². The van der Waals surface area contributed by atoms with Crippen LogP contribution < -0.4 is 5.32 Å². The Hall–Kier alpha value is -0.850. The van der Waals surface area contributed by atoms with Crippen LogP contribution in [-0.4, -0.2) is 11.5 Å². The molecule has 0 unspecified atom stereocenters. The van der Waals surface area contributed by atoms with Crippen LogP contribution in [-0.2, 0) is 6.54 Å². The standard InChI is InChI=1S/C13H13BrF2N2S/c1-3-17-6-10-7(2)18-13(19-10)8-4-5-9(15)12(16)11(8)14/h4-5,17H,3,6H2,1-2H3. The molecule has 0 radical (unpaired) electrons. The molecule has 0 aliphatic heterocycles. The fourth-order valence-electron chi connectivity index (χ4n) is 1.64. The molecule has 0 saturated heterocycles. The maximum Gasteiger partial charge on any atom is 0.173 e. The molecule has 2 nitrogen and oxygen atoms in total. The molecule has 1 N–H and O–H groups in total. The van der Waals surface area contributed by atoms with Gasteiger partial charge in [-0.2, -0.15) is 0 Å². The smallest absolute Gasteiger partial charge is 0.173 e. The molecule has 19 heavy (non-hydrogen) atoms. The number of hydrogen-bond acceptors (Lipinski definition) is 3. The van der Waals surface area contributed by atoms with Crippen molar-refractivity contribution in [1.82, 2.24) is 10.3 Å². The Bertz CT molecular complexity index is 599. The van der Waals surface area contributed by atoms with Crippen molar-refractivity contribution in [1.29, 1.82) is 0 Å². The Morgan fingerprint density at radius 1 is 1.37 bits per heavy atom. The van der Waals surface area contributed by atoms with Gasteiger partial charge in [0.15, 0.2) is 11.6 Å². The first-order valence-electron chi connectivity index (χ1n) is 5.85. The second kappa shape index (κ2) is 6.07. The van der Waals surface area contributed by atoms with Gasteiger partial charge in [0.2, 0.25) is 0 Å². The van der Waals surface area contributed by atoms with Gasteiger partial charge in [0, 0.05) is 17.0 Å². The molecule has 6 heteroatoms. The summed E-state index contributed by atoms with van der Waals surface area (Å²) in [6.07, 6.45) is 0. The van der Waals surface area contributed by atoms with Crippen LogP contribution in [0.4, 0.5) is 8.78 Å². The summed E-state index contributed by atoms with van der Waals surface area (Å²) in [6.45, 7) is 5.56. The van der Waals surface area contributed by atoms with Gasteiger partial charge in [-0.3, -0.25) is 0 Å². The Balaban J connectivity index is 2.40. The summed E-state index contributed by atoms with van der Waals surface area (Å²) in [6, 6.07) is 2.66. The number of aromatic nitrogens is 1. The summed E-state index contributed by atoms with van der Waals surface area (Å²) in [4.78, 5) is 5.53. The highest BCUT2D eigenvalue weighted by molar-refractivity contribution is 9.10. The topological polar surface area (TPSA) is 24.9 Å². The van der Waals surface area contributed by atoms with E-state index in [0.29, 0.717) is 10.6 Å². The van der Waals surface area contributed by atoms with Gasteiger partial charge in [0.1, 0.15) is 5.01 Å². The van der Waals surface area contributed by atoms with Crippen molar-refractivity contribution < 1.29 is 8.78 Å². The van der Waals surface area contributed by atoms with Gasteiger partial charge in [0.25, 0.3) is 0 Å². The van der Waals surface area contributed by atoms with Crippen molar-refractivity contribution in [2.24, 2.45) is 0 Å². The third-order valence-corrected chi connectivity index (χ3v) is 4.66. The zero-order valence-electron chi connectivity index (χ0n) is 10.6. The highest BCUT2D eigenvalue weighted by Gasteiger charge is 2.16. The minimum absolute atomic E-state index is 0.122. The van der Waals surface area contributed by atoms with Gasteiger partial charge >= 0.3 is 0 Å². The molecule has 0 fully saturated rings. The molecule has 0 saturated carbocycles. The van der Waals surface area contributed by atoms with Crippen molar-refractivity contribution in [2.75, 3.05) is 6.54 Å². The molecule has 1 heterocycles. The van der Waals surface area contributed by atoms with E-state index in [9.17, 15) is 8.78 Å². The first kappa shape index (κ1) is 14.6. The van der Waals surface area contributed by atoms with E-state index in [4.69, 9.17) is 0 Å². The van der Waals surface area contributed by atoms with E-state index in [0.717, 1.165) is 29.7 Å². The number of thiazole rings is 1. The molecular formula is C13H13BrF2N2S. The normalized spacial score (nSPS) is 11.0. The summed E-state index contributed by atoms with van der Waals surface area (Å²) in [7, 11) is 0. The third kappa shape index (κ3) is 3.01. The number of nitrogens with zero attached hydrogens (tertiary/aromatic N) is 1. The van der Waals surface area contributed by atoms with Crippen LogP contribution in [0.3, 0.4) is 0 Å². The predicted octanol–water partition coefficient (Wildman–Crippen LogP) is 4.27. The van der Waals surface area contributed by atoms with E-state index in [1.54, 1.807) is 0 Å².